The molecule has 2 amide bonds. The molecule has 1 fully saturated rings. The highest BCUT2D eigenvalue weighted by molar-refractivity contribution is 14.1. The van der Waals surface area contributed by atoms with Crippen LogP contribution in [0.1, 0.15) is 25.7 Å². The quantitative estimate of drug-likeness (QED) is 0.472. The third-order valence-corrected chi connectivity index (χ3v) is 4.93. The molecule has 1 atom stereocenters. The molecule has 0 spiro atoms. The summed E-state index contributed by atoms with van der Waals surface area (Å²) in [5, 5.41) is 15.0. The first kappa shape index (κ1) is 17.5. The van der Waals surface area contributed by atoms with Gasteiger partial charge in [0.15, 0.2) is 0 Å². The molecule has 2 rings (SSSR count). The second-order valence-electron chi connectivity index (χ2n) is 5.58. The third-order valence-electron chi connectivity index (χ3n) is 3.99. The number of aliphatic hydroxyl groups is 1. The molecule has 0 aromatic heterocycles. The van der Waals surface area contributed by atoms with Crippen LogP contribution in [-0.4, -0.2) is 48.3 Å². The van der Waals surface area contributed by atoms with Gasteiger partial charge >= 0.3 is 6.03 Å². The Bertz CT molecular complexity index is 484. The molecule has 5 nitrogen and oxygen atoms in total. The Balaban J connectivity index is 1.58. The first-order chi connectivity index (χ1) is 10.7. The Hall–Kier alpha value is -0.860. The third kappa shape index (κ3) is 5.40. The van der Waals surface area contributed by atoms with E-state index in [2.05, 4.69) is 38.1 Å². The fraction of sp³-hybridized carbons (Fsp3) is 0.562. The van der Waals surface area contributed by atoms with Gasteiger partial charge in [-0.25, -0.2) is 4.79 Å². The molecule has 22 heavy (non-hydrogen) atoms. The minimum atomic E-state index is -0.154. The molecule has 1 aromatic carbocycles. The van der Waals surface area contributed by atoms with Crippen LogP contribution in [-0.2, 0) is 0 Å². The molecule has 1 aromatic rings. The lowest BCUT2D eigenvalue weighted by molar-refractivity contribution is 0.157. The van der Waals surface area contributed by atoms with E-state index in [1.165, 1.54) is 6.42 Å². The van der Waals surface area contributed by atoms with Gasteiger partial charge in [-0.3, -0.25) is 4.90 Å². The van der Waals surface area contributed by atoms with Gasteiger partial charge in [0.25, 0.3) is 0 Å². The lowest BCUT2D eigenvalue weighted by atomic mass is 10.2. The number of halogens is 1. The zero-order valence-corrected chi connectivity index (χ0v) is 14.9. The Labute approximate surface area is 145 Å². The minimum absolute atomic E-state index is 0.154. The van der Waals surface area contributed by atoms with Gasteiger partial charge in [-0.15, -0.1) is 0 Å². The van der Waals surface area contributed by atoms with E-state index in [-0.39, 0.29) is 12.6 Å². The van der Waals surface area contributed by atoms with E-state index in [1.807, 2.05) is 24.3 Å². The molecule has 1 heterocycles. The number of unbranched alkanes of at least 4 members (excludes halogenated alkanes) is 1. The fourth-order valence-corrected chi connectivity index (χ4v) is 3.29. The first-order valence-corrected chi connectivity index (χ1v) is 8.93. The number of hydrogen-bond donors (Lipinski definition) is 3. The first-order valence-electron chi connectivity index (χ1n) is 7.85. The van der Waals surface area contributed by atoms with E-state index in [0.29, 0.717) is 12.6 Å². The van der Waals surface area contributed by atoms with Crippen molar-refractivity contribution in [1.82, 2.24) is 10.2 Å². The number of nitrogens with one attached hydrogen (secondary N) is 2. The van der Waals surface area contributed by atoms with Crippen LogP contribution in [0, 0.1) is 3.57 Å². The number of likely N-dealkylation sites (tertiary alicyclic amines) is 1. The summed E-state index contributed by atoms with van der Waals surface area (Å²) < 4.78 is 1.03. The molecule has 0 radical (unpaired) electrons. The zero-order valence-electron chi connectivity index (χ0n) is 12.7. The maximum absolute atomic E-state index is 11.8. The second-order valence-corrected chi connectivity index (χ2v) is 6.74. The average molecular weight is 417 g/mol. The normalized spacial score (nSPS) is 18.4. The highest BCUT2D eigenvalue weighted by atomic mass is 127. The van der Waals surface area contributed by atoms with Crippen molar-refractivity contribution in [3.05, 3.63) is 27.8 Å². The van der Waals surface area contributed by atoms with Gasteiger partial charge in [0.1, 0.15) is 0 Å². The standard InChI is InChI=1S/C16H24IN3O2/c17-14-7-1-2-8-15(14)19-16(22)18-9-3-4-10-20-11-5-6-13(20)12-21/h1-2,7-8,13,21H,3-6,9-12H2,(H2,18,19,22). The monoisotopic (exact) mass is 417 g/mol. The Morgan fingerprint density at radius 1 is 1.36 bits per heavy atom. The van der Waals surface area contributed by atoms with E-state index in [4.69, 9.17) is 0 Å². The van der Waals surface area contributed by atoms with Crippen molar-refractivity contribution in [2.24, 2.45) is 0 Å². The van der Waals surface area contributed by atoms with Crippen molar-refractivity contribution in [3.63, 3.8) is 0 Å². The molecule has 1 aliphatic rings. The van der Waals surface area contributed by atoms with Crippen molar-refractivity contribution >= 4 is 34.3 Å². The van der Waals surface area contributed by atoms with E-state index < -0.39 is 0 Å². The Morgan fingerprint density at radius 2 is 2.18 bits per heavy atom. The van der Waals surface area contributed by atoms with E-state index in [0.717, 1.165) is 41.6 Å². The number of benzene rings is 1. The van der Waals surface area contributed by atoms with Crippen LogP contribution >= 0.6 is 22.6 Å². The smallest absolute Gasteiger partial charge is 0.319 e. The molecule has 0 saturated carbocycles. The number of anilines is 1. The summed E-state index contributed by atoms with van der Waals surface area (Å²) in [6.07, 6.45) is 4.28. The number of nitrogens with zero attached hydrogens (tertiary/aromatic N) is 1. The SMILES string of the molecule is O=C(NCCCCN1CCCC1CO)Nc1ccccc1I. The molecular formula is C16H24IN3O2. The van der Waals surface area contributed by atoms with Gasteiger partial charge < -0.3 is 15.7 Å². The molecule has 122 valence electrons. The van der Waals surface area contributed by atoms with E-state index in [1.54, 1.807) is 0 Å². The summed E-state index contributed by atoms with van der Waals surface area (Å²) in [7, 11) is 0. The van der Waals surface area contributed by atoms with Crippen LogP contribution < -0.4 is 10.6 Å². The number of hydrogen-bond acceptors (Lipinski definition) is 3. The van der Waals surface area contributed by atoms with Crippen molar-refractivity contribution in [2.75, 3.05) is 31.6 Å². The van der Waals surface area contributed by atoms with Gasteiger partial charge in [0, 0.05) is 16.2 Å². The van der Waals surface area contributed by atoms with Gasteiger partial charge in [-0.05, 0) is 73.5 Å². The van der Waals surface area contributed by atoms with Crippen molar-refractivity contribution < 1.29 is 9.90 Å². The van der Waals surface area contributed by atoms with Gasteiger partial charge in [-0.2, -0.15) is 0 Å². The second kappa shape index (κ2) is 9.32. The van der Waals surface area contributed by atoms with Crippen LogP contribution in [0.4, 0.5) is 10.5 Å². The van der Waals surface area contributed by atoms with Crippen molar-refractivity contribution in [1.29, 1.82) is 0 Å². The Kier molecular flexibility index (Phi) is 7.41. The molecule has 0 bridgehead atoms. The average Bonchev–Trinajstić information content (AvgIpc) is 2.97. The number of para-hydroxylation sites is 1. The molecule has 0 aliphatic carbocycles. The predicted molar refractivity (Wildman–Crippen MR) is 97.1 cm³/mol. The summed E-state index contributed by atoms with van der Waals surface area (Å²) >= 11 is 2.20. The molecule has 1 saturated heterocycles. The van der Waals surface area contributed by atoms with Crippen LogP contribution in [0.5, 0.6) is 0 Å². The lowest BCUT2D eigenvalue weighted by Gasteiger charge is -2.22. The van der Waals surface area contributed by atoms with Gasteiger partial charge in [0.2, 0.25) is 0 Å². The number of urea groups is 1. The molecule has 1 unspecified atom stereocenters. The minimum Gasteiger partial charge on any atom is -0.395 e. The predicted octanol–water partition coefficient (Wildman–Crippen LogP) is 2.65. The fourth-order valence-electron chi connectivity index (χ4n) is 2.77. The van der Waals surface area contributed by atoms with Crippen molar-refractivity contribution in [3.8, 4) is 0 Å². The van der Waals surface area contributed by atoms with Gasteiger partial charge in [-0.1, -0.05) is 12.1 Å². The lowest BCUT2D eigenvalue weighted by Crippen LogP contribution is -2.34. The molecular weight excluding hydrogens is 393 g/mol. The van der Waals surface area contributed by atoms with Crippen LogP contribution in [0.2, 0.25) is 0 Å². The Morgan fingerprint density at radius 3 is 2.95 bits per heavy atom. The maximum atomic E-state index is 11.8. The molecule has 6 heteroatoms. The van der Waals surface area contributed by atoms with E-state index in [9.17, 15) is 9.90 Å². The molecule has 3 N–H and O–H groups in total. The zero-order chi connectivity index (χ0) is 15.8. The summed E-state index contributed by atoms with van der Waals surface area (Å²) in [6.45, 7) is 3.03. The summed E-state index contributed by atoms with van der Waals surface area (Å²) in [5.74, 6) is 0. The highest BCUT2D eigenvalue weighted by Crippen LogP contribution is 2.17. The number of carbonyl (C=O) groups excluding carboxylic acids is 1. The molecule has 1 aliphatic heterocycles. The van der Waals surface area contributed by atoms with Crippen LogP contribution in [0.25, 0.3) is 0 Å². The number of aliphatic hydroxyl groups excluding tert-OH is 1. The number of amides is 2. The topological polar surface area (TPSA) is 64.6 Å². The van der Waals surface area contributed by atoms with Crippen molar-refractivity contribution in [2.45, 2.75) is 31.7 Å². The highest BCUT2D eigenvalue weighted by Gasteiger charge is 2.22. The maximum Gasteiger partial charge on any atom is 0.319 e. The van der Waals surface area contributed by atoms with Gasteiger partial charge in [0.05, 0.1) is 12.3 Å². The summed E-state index contributed by atoms with van der Waals surface area (Å²) in [4.78, 5) is 14.2. The largest absolute Gasteiger partial charge is 0.395 e. The van der Waals surface area contributed by atoms with E-state index >= 15 is 0 Å². The summed E-state index contributed by atoms with van der Waals surface area (Å²) in [5.41, 5.74) is 0.837. The van der Waals surface area contributed by atoms with Crippen LogP contribution in [0.15, 0.2) is 24.3 Å². The number of rotatable bonds is 7. The van der Waals surface area contributed by atoms with Crippen LogP contribution in [0.3, 0.4) is 0 Å². The number of carbonyl (C=O) groups is 1. The summed E-state index contributed by atoms with van der Waals surface area (Å²) in [6, 6.07) is 7.90.